The van der Waals surface area contributed by atoms with E-state index in [1.54, 1.807) is 6.07 Å². The Hall–Kier alpha value is -1.91. The maximum absolute atomic E-state index is 10.7. The number of amides is 1. The van der Waals surface area contributed by atoms with Crippen molar-refractivity contribution in [2.45, 2.75) is 13.3 Å². The minimum Gasteiger partial charge on any atom is -0.383 e. The van der Waals surface area contributed by atoms with Crippen LogP contribution in [0, 0.1) is 0 Å². The molecule has 1 aromatic rings. The lowest BCUT2D eigenvalue weighted by Gasteiger charge is -2.05. The molecule has 1 aromatic heterocycles. The van der Waals surface area contributed by atoms with Crippen LogP contribution in [-0.4, -0.2) is 17.2 Å². The van der Waals surface area contributed by atoms with E-state index in [2.05, 4.69) is 10.3 Å². The summed E-state index contributed by atoms with van der Waals surface area (Å²) in [6, 6.07) is 1.70. The molecule has 0 aliphatic heterocycles. The van der Waals surface area contributed by atoms with E-state index in [-0.39, 0.29) is 6.29 Å². The van der Waals surface area contributed by atoms with E-state index in [4.69, 9.17) is 5.73 Å². The zero-order valence-corrected chi connectivity index (χ0v) is 7.78. The molecule has 1 heterocycles. The van der Waals surface area contributed by atoms with Gasteiger partial charge in [-0.3, -0.25) is 9.59 Å². The molecular weight excluding hydrogens is 182 g/mol. The Morgan fingerprint density at radius 1 is 1.71 bits per heavy atom. The summed E-state index contributed by atoms with van der Waals surface area (Å²) in [7, 11) is 0. The third-order valence-corrected chi connectivity index (χ3v) is 1.76. The average Bonchev–Trinajstić information content (AvgIpc) is 2.20. The van der Waals surface area contributed by atoms with Crippen molar-refractivity contribution in [1.29, 1.82) is 0 Å². The van der Waals surface area contributed by atoms with Gasteiger partial charge in [-0.1, -0.05) is 6.92 Å². The number of carbonyl (C=O) groups excluding carboxylic acids is 2. The lowest BCUT2D eigenvalue weighted by Crippen LogP contribution is -2.13. The normalized spacial score (nSPS) is 9.50. The standard InChI is InChI=1S/C9H11N3O2/c1-2-6-3-7(4-11-9(6)10)12-8(14)5-13/h3-5H,2H2,1H3,(H2,10,11)(H,12,14). The molecular formula is C9H11N3O2. The first-order valence-electron chi connectivity index (χ1n) is 4.18. The van der Waals surface area contributed by atoms with Crippen LogP contribution in [0.2, 0.25) is 0 Å². The predicted octanol–water partition coefficient (Wildman–Crippen LogP) is 0.364. The van der Waals surface area contributed by atoms with Gasteiger partial charge in [0.15, 0.2) is 0 Å². The van der Waals surface area contributed by atoms with E-state index in [9.17, 15) is 9.59 Å². The van der Waals surface area contributed by atoms with Crippen molar-refractivity contribution in [2.24, 2.45) is 0 Å². The zero-order valence-electron chi connectivity index (χ0n) is 7.78. The first kappa shape index (κ1) is 10.2. The van der Waals surface area contributed by atoms with Gasteiger partial charge in [-0.2, -0.15) is 0 Å². The van der Waals surface area contributed by atoms with Crippen LogP contribution >= 0.6 is 0 Å². The number of carbonyl (C=O) groups is 2. The van der Waals surface area contributed by atoms with Gasteiger partial charge >= 0.3 is 0 Å². The van der Waals surface area contributed by atoms with Crippen molar-refractivity contribution in [2.75, 3.05) is 11.1 Å². The fourth-order valence-corrected chi connectivity index (χ4v) is 1.04. The van der Waals surface area contributed by atoms with E-state index < -0.39 is 5.91 Å². The van der Waals surface area contributed by atoms with Crippen LogP contribution in [0.15, 0.2) is 12.3 Å². The van der Waals surface area contributed by atoms with Gasteiger partial charge in [0, 0.05) is 0 Å². The minimum atomic E-state index is -0.696. The van der Waals surface area contributed by atoms with Gasteiger partial charge in [-0.05, 0) is 18.1 Å². The molecule has 0 unspecified atom stereocenters. The van der Waals surface area contributed by atoms with Crippen molar-refractivity contribution in [3.8, 4) is 0 Å². The second-order valence-electron chi connectivity index (χ2n) is 2.73. The molecule has 0 aliphatic rings. The van der Waals surface area contributed by atoms with E-state index in [1.165, 1.54) is 6.20 Å². The van der Waals surface area contributed by atoms with Crippen LogP contribution in [0.4, 0.5) is 11.5 Å². The Bertz CT molecular complexity index is 363. The van der Waals surface area contributed by atoms with Gasteiger partial charge in [-0.15, -0.1) is 0 Å². The highest BCUT2D eigenvalue weighted by atomic mass is 16.2. The largest absolute Gasteiger partial charge is 0.383 e. The topological polar surface area (TPSA) is 85.1 Å². The van der Waals surface area contributed by atoms with Crippen LogP contribution in [0.5, 0.6) is 0 Å². The van der Waals surface area contributed by atoms with Crippen LogP contribution in [-0.2, 0) is 16.0 Å². The Balaban J connectivity index is 2.89. The number of anilines is 2. The number of pyridine rings is 1. The summed E-state index contributed by atoms with van der Waals surface area (Å²) in [4.78, 5) is 24.7. The van der Waals surface area contributed by atoms with Gasteiger partial charge in [0.1, 0.15) is 5.82 Å². The average molecular weight is 193 g/mol. The molecule has 14 heavy (non-hydrogen) atoms. The summed E-state index contributed by atoms with van der Waals surface area (Å²) in [5.74, 6) is -0.254. The summed E-state index contributed by atoms with van der Waals surface area (Å²) in [6.07, 6.45) is 2.35. The maximum atomic E-state index is 10.7. The molecule has 0 saturated carbocycles. The van der Waals surface area contributed by atoms with E-state index in [0.717, 1.165) is 12.0 Å². The van der Waals surface area contributed by atoms with Gasteiger partial charge < -0.3 is 11.1 Å². The van der Waals surface area contributed by atoms with Crippen molar-refractivity contribution in [3.63, 3.8) is 0 Å². The lowest BCUT2D eigenvalue weighted by molar-refractivity contribution is -0.127. The van der Waals surface area contributed by atoms with Gasteiger partial charge in [0.2, 0.25) is 6.29 Å². The summed E-state index contributed by atoms with van der Waals surface area (Å²) in [5, 5.41) is 2.37. The van der Waals surface area contributed by atoms with E-state index in [1.807, 2.05) is 6.92 Å². The third kappa shape index (κ3) is 2.29. The number of nitrogens with zero attached hydrogens (tertiary/aromatic N) is 1. The Kier molecular flexibility index (Phi) is 3.17. The van der Waals surface area contributed by atoms with Crippen LogP contribution in [0.25, 0.3) is 0 Å². The zero-order chi connectivity index (χ0) is 10.6. The molecule has 5 heteroatoms. The van der Waals surface area contributed by atoms with Crippen molar-refractivity contribution < 1.29 is 9.59 Å². The summed E-state index contributed by atoms with van der Waals surface area (Å²) in [5.41, 5.74) is 6.89. The molecule has 1 amide bonds. The number of rotatable bonds is 3. The highest BCUT2D eigenvalue weighted by Crippen LogP contribution is 2.14. The van der Waals surface area contributed by atoms with Crippen molar-refractivity contribution in [3.05, 3.63) is 17.8 Å². The Morgan fingerprint density at radius 3 is 3.00 bits per heavy atom. The molecule has 5 nitrogen and oxygen atoms in total. The Morgan fingerprint density at radius 2 is 2.43 bits per heavy atom. The SMILES string of the molecule is CCc1cc(NC(=O)C=O)cnc1N. The monoisotopic (exact) mass is 193 g/mol. The molecule has 3 N–H and O–H groups in total. The molecule has 0 saturated heterocycles. The maximum Gasteiger partial charge on any atom is 0.288 e. The fourth-order valence-electron chi connectivity index (χ4n) is 1.04. The molecule has 0 fully saturated rings. The summed E-state index contributed by atoms with van der Waals surface area (Å²) in [6.45, 7) is 1.93. The van der Waals surface area contributed by atoms with Gasteiger partial charge in [0.05, 0.1) is 11.9 Å². The third-order valence-electron chi connectivity index (χ3n) is 1.76. The molecule has 0 radical (unpaired) electrons. The molecule has 0 aromatic carbocycles. The number of aromatic nitrogens is 1. The summed E-state index contributed by atoms with van der Waals surface area (Å²) < 4.78 is 0. The lowest BCUT2D eigenvalue weighted by atomic mass is 10.2. The number of aryl methyl sites for hydroxylation is 1. The van der Waals surface area contributed by atoms with Gasteiger partial charge in [0.25, 0.3) is 5.91 Å². The number of aldehydes is 1. The Labute approximate surface area is 81.3 Å². The van der Waals surface area contributed by atoms with E-state index in [0.29, 0.717) is 11.5 Å². The molecule has 1 rings (SSSR count). The molecule has 0 bridgehead atoms. The quantitative estimate of drug-likeness (QED) is 0.536. The van der Waals surface area contributed by atoms with E-state index >= 15 is 0 Å². The number of nitrogen functional groups attached to an aromatic ring is 1. The second kappa shape index (κ2) is 4.36. The number of nitrogens with two attached hydrogens (primary N) is 1. The first-order valence-corrected chi connectivity index (χ1v) is 4.18. The number of hydrogen-bond donors (Lipinski definition) is 2. The minimum absolute atomic E-state index is 0.210. The highest BCUT2D eigenvalue weighted by molar-refractivity contribution is 6.29. The highest BCUT2D eigenvalue weighted by Gasteiger charge is 2.03. The van der Waals surface area contributed by atoms with Crippen molar-refractivity contribution in [1.82, 2.24) is 4.98 Å². The van der Waals surface area contributed by atoms with Gasteiger partial charge in [-0.25, -0.2) is 4.98 Å². The first-order chi connectivity index (χ1) is 6.67. The molecule has 0 aliphatic carbocycles. The summed E-state index contributed by atoms with van der Waals surface area (Å²) >= 11 is 0. The van der Waals surface area contributed by atoms with Crippen LogP contribution in [0.3, 0.4) is 0 Å². The fraction of sp³-hybridized carbons (Fsp3) is 0.222. The molecule has 0 spiro atoms. The van der Waals surface area contributed by atoms with Crippen molar-refractivity contribution >= 4 is 23.7 Å². The molecule has 74 valence electrons. The smallest absolute Gasteiger partial charge is 0.288 e. The van der Waals surface area contributed by atoms with Crippen LogP contribution in [0.1, 0.15) is 12.5 Å². The number of nitrogens with one attached hydrogen (secondary N) is 1. The second-order valence-corrected chi connectivity index (χ2v) is 2.73. The molecule has 0 atom stereocenters. The number of hydrogen-bond acceptors (Lipinski definition) is 4. The predicted molar refractivity (Wildman–Crippen MR) is 52.7 cm³/mol. The van der Waals surface area contributed by atoms with Crippen LogP contribution < -0.4 is 11.1 Å².